The van der Waals surface area contributed by atoms with Crippen molar-refractivity contribution < 1.29 is 20.7 Å². The number of hydrogen-bond acceptors (Lipinski definition) is 4. The zero-order valence-corrected chi connectivity index (χ0v) is 8.41. The predicted molar refractivity (Wildman–Crippen MR) is 54.7 cm³/mol. The third-order valence-electron chi connectivity index (χ3n) is 1.69. The number of quaternary nitrogens is 1. The molecular formula is C9H12N2O5. The van der Waals surface area contributed by atoms with E-state index in [9.17, 15) is 4.79 Å². The lowest BCUT2D eigenvalue weighted by Crippen LogP contribution is -2.54. The van der Waals surface area contributed by atoms with Gasteiger partial charge in [0, 0.05) is 5.56 Å². The van der Waals surface area contributed by atoms with Gasteiger partial charge in [-0.3, -0.25) is 4.79 Å². The largest absolute Gasteiger partial charge is 0.481 e. The van der Waals surface area contributed by atoms with E-state index in [2.05, 4.69) is 5.73 Å². The SMILES string of the molecule is O=[N+]([O-])[O-].[NH3+][C@H](CC(=O)O)c1ccccc1. The molecule has 0 bridgehead atoms. The van der Waals surface area contributed by atoms with Gasteiger partial charge in [0.15, 0.2) is 0 Å². The van der Waals surface area contributed by atoms with Crippen molar-refractivity contribution in [3.8, 4) is 0 Å². The van der Waals surface area contributed by atoms with E-state index in [-0.39, 0.29) is 12.5 Å². The molecule has 7 nitrogen and oxygen atoms in total. The second kappa shape index (κ2) is 7.18. The van der Waals surface area contributed by atoms with E-state index in [1.807, 2.05) is 30.3 Å². The number of hydrogen-bond donors (Lipinski definition) is 2. The lowest BCUT2D eigenvalue weighted by molar-refractivity contribution is -0.425. The van der Waals surface area contributed by atoms with Crippen molar-refractivity contribution in [2.24, 2.45) is 0 Å². The third kappa shape index (κ3) is 7.27. The lowest BCUT2D eigenvalue weighted by Gasteiger charge is -2.04. The van der Waals surface area contributed by atoms with Crippen LogP contribution in [0.15, 0.2) is 30.3 Å². The van der Waals surface area contributed by atoms with Gasteiger partial charge < -0.3 is 26.2 Å². The molecule has 0 spiro atoms. The number of carbonyl (C=O) groups is 1. The number of aliphatic carboxylic acids is 1. The summed E-state index contributed by atoms with van der Waals surface area (Å²) >= 11 is 0. The van der Waals surface area contributed by atoms with Crippen molar-refractivity contribution in [1.82, 2.24) is 0 Å². The Morgan fingerprint density at radius 3 is 2.19 bits per heavy atom. The summed E-state index contributed by atoms with van der Waals surface area (Å²) in [5.41, 5.74) is 4.74. The summed E-state index contributed by atoms with van der Waals surface area (Å²) in [5, 5.41) is 23.3. The second-order valence-corrected chi connectivity index (χ2v) is 2.93. The first-order valence-corrected chi connectivity index (χ1v) is 4.34. The summed E-state index contributed by atoms with van der Waals surface area (Å²) in [6.07, 6.45) is 0.0873. The Balaban J connectivity index is 0.000000487. The van der Waals surface area contributed by atoms with Gasteiger partial charge in [-0.25, -0.2) is 0 Å². The molecular weight excluding hydrogens is 216 g/mol. The molecule has 0 aliphatic rings. The van der Waals surface area contributed by atoms with Crippen molar-refractivity contribution in [2.75, 3.05) is 0 Å². The highest BCUT2D eigenvalue weighted by molar-refractivity contribution is 5.67. The summed E-state index contributed by atoms with van der Waals surface area (Å²) in [5.74, 6) is -0.807. The van der Waals surface area contributed by atoms with E-state index < -0.39 is 11.1 Å². The van der Waals surface area contributed by atoms with Gasteiger partial charge in [-0.2, -0.15) is 0 Å². The Bertz CT molecular complexity index is 337. The van der Waals surface area contributed by atoms with Crippen molar-refractivity contribution >= 4 is 5.97 Å². The van der Waals surface area contributed by atoms with Crippen molar-refractivity contribution in [3.63, 3.8) is 0 Å². The van der Waals surface area contributed by atoms with E-state index in [4.69, 9.17) is 20.4 Å². The molecule has 1 rings (SSSR count). The fraction of sp³-hybridized carbons (Fsp3) is 0.222. The molecule has 0 aliphatic carbocycles. The van der Waals surface area contributed by atoms with Crippen molar-refractivity contribution in [3.05, 3.63) is 51.2 Å². The standard InChI is InChI=1S/C9H11NO2.NO3/c10-8(6-9(11)12)7-4-2-1-3-5-7;2-1(3)4/h1-5,8H,6,10H2,(H,11,12);/q;-1/p+1/t8-;/m1./s1. The maximum absolute atomic E-state index is 10.3. The fourth-order valence-electron chi connectivity index (χ4n) is 1.05. The lowest BCUT2D eigenvalue weighted by atomic mass is 10.1. The van der Waals surface area contributed by atoms with Crippen molar-refractivity contribution in [2.45, 2.75) is 12.5 Å². The Morgan fingerprint density at radius 1 is 1.38 bits per heavy atom. The number of carboxylic acids is 1. The zero-order chi connectivity index (χ0) is 12.6. The average Bonchev–Trinajstić information content (AvgIpc) is 2.17. The summed E-state index contributed by atoms with van der Waals surface area (Å²) < 4.78 is 0. The fourth-order valence-corrected chi connectivity index (χ4v) is 1.05. The van der Waals surface area contributed by atoms with Crippen LogP contribution in [0.25, 0.3) is 0 Å². The Morgan fingerprint density at radius 2 is 1.81 bits per heavy atom. The summed E-state index contributed by atoms with van der Waals surface area (Å²) in [6.45, 7) is 0. The molecule has 0 unspecified atom stereocenters. The minimum Gasteiger partial charge on any atom is -0.481 e. The first kappa shape index (κ1) is 13.8. The van der Waals surface area contributed by atoms with Crippen LogP contribution < -0.4 is 5.73 Å². The molecule has 0 heterocycles. The summed E-state index contributed by atoms with van der Waals surface area (Å²) in [7, 11) is 0. The normalized spacial score (nSPS) is 10.8. The van der Waals surface area contributed by atoms with E-state index in [0.717, 1.165) is 5.56 Å². The first-order chi connectivity index (χ1) is 7.43. The second-order valence-electron chi connectivity index (χ2n) is 2.93. The van der Waals surface area contributed by atoms with Gasteiger partial charge in [0.2, 0.25) is 0 Å². The van der Waals surface area contributed by atoms with Gasteiger partial charge in [-0.15, -0.1) is 0 Å². The number of carboxylic acid groups (broad SMARTS) is 1. The van der Waals surface area contributed by atoms with Crippen LogP contribution in [0.3, 0.4) is 0 Å². The Hall–Kier alpha value is -2.15. The van der Waals surface area contributed by atoms with Crippen LogP contribution in [-0.4, -0.2) is 16.2 Å². The molecule has 16 heavy (non-hydrogen) atoms. The topological polar surface area (TPSA) is 131 Å². The van der Waals surface area contributed by atoms with Crippen LogP contribution >= 0.6 is 0 Å². The van der Waals surface area contributed by atoms with Gasteiger partial charge in [-0.1, -0.05) is 30.3 Å². The average molecular weight is 228 g/mol. The molecule has 0 fully saturated rings. The molecule has 1 aromatic carbocycles. The van der Waals surface area contributed by atoms with Gasteiger partial charge in [0.25, 0.3) is 0 Å². The molecule has 0 saturated heterocycles. The summed E-state index contributed by atoms with van der Waals surface area (Å²) in [6, 6.07) is 9.30. The van der Waals surface area contributed by atoms with Crippen LogP contribution in [0.1, 0.15) is 18.0 Å². The van der Waals surface area contributed by atoms with Gasteiger partial charge in [0.1, 0.15) is 12.5 Å². The van der Waals surface area contributed by atoms with Crippen molar-refractivity contribution in [1.29, 1.82) is 0 Å². The molecule has 1 atom stereocenters. The van der Waals surface area contributed by atoms with Crippen LogP contribution in [0, 0.1) is 15.3 Å². The molecule has 88 valence electrons. The summed E-state index contributed by atoms with van der Waals surface area (Å²) in [4.78, 5) is 18.6. The third-order valence-corrected chi connectivity index (χ3v) is 1.69. The molecule has 0 saturated carbocycles. The highest BCUT2D eigenvalue weighted by atomic mass is 16.9. The molecule has 0 amide bonds. The predicted octanol–water partition coefficient (Wildman–Crippen LogP) is 0.205. The first-order valence-electron chi connectivity index (χ1n) is 4.34. The van der Waals surface area contributed by atoms with E-state index >= 15 is 0 Å². The van der Waals surface area contributed by atoms with Gasteiger partial charge >= 0.3 is 5.97 Å². The minimum absolute atomic E-state index is 0.0873. The highest BCUT2D eigenvalue weighted by Gasteiger charge is 2.12. The van der Waals surface area contributed by atoms with Crippen LogP contribution in [0.4, 0.5) is 0 Å². The maximum Gasteiger partial charge on any atom is 0.309 e. The smallest absolute Gasteiger partial charge is 0.309 e. The van der Waals surface area contributed by atoms with Gasteiger partial charge in [0.05, 0.1) is 5.09 Å². The van der Waals surface area contributed by atoms with Crippen LogP contribution in [-0.2, 0) is 4.79 Å². The molecule has 0 aliphatic heterocycles. The number of nitrogens with zero attached hydrogens (tertiary/aromatic N) is 1. The van der Waals surface area contributed by atoms with Gasteiger partial charge in [-0.05, 0) is 0 Å². The number of benzene rings is 1. The Labute approximate surface area is 91.2 Å². The van der Waals surface area contributed by atoms with E-state index in [1.54, 1.807) is 0 Å². The highest BCUT2D eigenvalue weighted by Crippen LogP contribution is 2.10. The molecule has 4 N–H and O–H groups in total. The molecule has 7 heteroatoms. The Kier molecular flexibility index (Phi) is 6.22. The number of rotatable bonds is 3. The van der Waals surface area contributed by atoms with E-state index in [1.165, 1.54) is 0 Å². The molecule has 0 aromatic heterocycles. The van der Waals surface area contributed by atoms with Crippen LogP contribution in [0.2, 0.25) is 0 Å². The van der Waals surface area contributed by atoms with E-state index in [0.29, 0.717) is 0 Å². The minimum atomic E-state index is -1.75. The van der Waals surface area contributed by atoms with Crippen LogP contribution in [0.5, 0.6) is 0 Å². The maximum atomic E-state index is 10.3. The molecule has 0 radical (unpaired) electrons. The molecule has 1 aromatic rings. The monoisotopic (exact) mass is 228 g/mol. The zero-order valence-electron chi connectivity index (χ0n) is 8.41. The quantitative estimate of drug-likeness (QED) is 0.563.